The molecule has 0 amide bonds. The van der Waals surface area contributed by atoms with E-state index in [2.05, 4.69) is 4.90 Å². The van der Waals surface area contributed by atoms with E-state index in [1.807, 2.05) is 0 Å². The lowest BCUT2D eigenvalue weighted by Crippen LogP contribution is -2.47. The normalized spacial score (nSPS) is 25.0. The molecule has 0 atom stereocenters. The minimum absolute atomic E-state index is 0.617. The highest BCUT2D eigenvalue weighted by Gasteiger charge is 2.30. The van der Waals surface area contributed by atoms with Crippen LogP contribution in [0, 0.1) is 5.92 Å². The van der Waals surface area contributed by atoms with Crippen molar-refractivity contribution in [3.8, 4) is 0 Å². The monoisotopic (exact) mass is 291 g/mol. The van der Waals surface area contributed by atoms with Gasteiger partial charge in [-0.1, -0.05) is 0 Å². The summed E-state index contributed by atoms with van der Waals surface area (Å²) in [5, 5.41) is 0. The quantitative estimate of drug-likeness (QED) is 0.722. The number of morpholine rings is 1. The number of ether oxygens (including phenoxy) is 1. The fourth-order valence-electron chi connectivity index (χ4n) is 2.70. The summed E-state index contributed by atoms with van der Waals surface area (Å²) in [6.07, 6.45) is 1.93. The van der Waals surface area contributed by atoms with Crippen LogP contribution in [-0.4, -0.2) is 82.0 Å². The zero-order valence-corrected chi connectivity index (χ0v) is 12.7. The number of nitrogens with zero attached hydrogens (tertiary/aromatic N) is 3. The van der Waals surface area contributed by atoms with Gasteiger partial charge < -0.3 is 4.74 Å². The molecule has 2 rings (SSSR count). The van der Waals surface area contributed by atoms with E-state index in [4.69, 9.17) is 4.74 Å². The number of rotatable bonds is 4. The van der Waals surface area contributed by atoms with Crippen LogP contribution in [0.1, 0.15) is 12.8 Å². The summed E-state index contributed by atoms with van der Waals surface area (Å²) >= 11 is 0. The molecule has 0 aromatic heterocycles. The second-order valence-corrected chi connectivity index (χ2v) is 7.69. The van der Waals surface area contributed by atoms with Crippen LogP contribution in [-0.2, 0) is 14.9 Å². The fourth-order valence-corrected chi connectivity index (χ4v) is 3.84. The van der Waals surface area contributed by atoms with Gasteiger partial charge in [0.2, 0.25) is 0 Å². The molecular formula is C12H25N3O3S. The van der Waals surface area contributed by atoms with Crippen LogP contribution in [0.5, 0.6) is 0 Å². The smallest absolute Gasteiger partial charge is 0.281 e. The summed E-state index contributed by atoms with van der Waals surface area (Å²) in [4.78, 5) is 2.43. The molecule has 0 aliphatic carbocycles. The number of hydrogen-bond acceptors (Lipinski definition) is 4. The molecule has 7 heteroatoms. The Kier molecular flexibility index (Phi) is 5.19. The molecule has 0 radical (unpaired) electrons. The third-order valence-electron chi connectivity index (χ3n) is 3.98. The van der Waals surface area contributed by atoms with Crippen molar-refractivity contribution in [2.45, 2.75) is 12.8 Å². The van der Waals surface area contributed by atoms with E-state index in [0.29, 0.717) is 19.0 Å². The zero-order chi connectivity index (χ0) is 13.9. The van der Waals surface area contributed by atoms with Gasteiger partial charge in [-0.25, -0.2) is 0 Å². The van der Waals surface area contributed by atoms with Crippen molar-refractivity contribution in [3.05, 3.63) is 0 Å². The van der Waals surface area contributed by atoms with Gasteiger partial charge in [0, 0.05) is 46.8 Å². The van der Waals surface area contributed by atoms with Crippen molar-refractivity contribution in [1.82, 2.24) is 13.5 Å². The van der Waals surface area contributed by atoms with Crippen LogP contribution in [0.25, 0.3) is 0 Å². The summed E-state index contributed by atoms with van der Waals surface area (Å²) in [5.74, 6) is 0.617. The van der Waals surface area contributed by atoms with Crippen LogP contribution < -0.4 is 0 Å². The van der Waals surface area contributed by atoms with Crippen LogP contribution in [0.3, 0.4) is 0 Å². The molecule has 6 nitrogen and oxygen atoms in total. The predicted octanol–water partition coefficient (Wildman–Crippen LogP) is -0.163. The van der Waals surface area contributed by atoms with E-state index in [9.17, 15) is 8.42 Å². The summed E-state index contributed by atoms with van der Waals surface area (Å²) in [7, 11) is -0.0386. The van der Waals surface area contributed by atoms with Gasteiger partial charge in [-0.2, -0.15) is 17.0 Å². The van der Waals surface area contributed by atoms with Crippen molar-refractivity contribution in [2.24, 2.45) is 5.92 Å². The molecule has 0 unspecified atom stereocenters. The third-order valence-corrected chi connectivity index (χ3v) is 5.92. The molecule has 112 valence electrons. The van der Waals surface area contributed by atoms with Gasteiger partial charge in [-0.15, -0.1) is 0 Å². The van der Waals surface area contributed by atoms with Crippen molar-refractivity contribution < 1.29 is 13.2 Å². The largest absolute Gasteiger partial charge is 0.379 e. The highest BCUT2D eigenvalue weighted by atomic mass is 32.2. The first-order valence-electron chi connectivity index (χ1n) is 6.98. The maximum absolute atomic E-state index is 12.0. The Morgan fingerprint density at radius 3 is 2.21 bits per heavy atom. The topological polar surface area (TPSA) is 53.1 Å². The lowest BCUT2D eigenvalue weighted by molar-refractivity contribution is 0.0268. The Balaban J connectivity index is 1.79. The number of piperidine rings is 1. The number of hydrogen-bond donors (Lipinski definition) is 0. The highest BCUT2D eigenvalue weighted by Crippen LogP contribution is 2.21. The maximum Gasteiger partial charge on any atom is 0.281 e. The third kappa shape index (κ3) is 3.88. The fraction of sp³-hybridized carbons (Fsp3) is 1.00. The first-order valence-corrected chi connectivity index (χ1v) is 8.37. The lowest BCUT2D eigenvalue weighted by Gasteiger charge is -2.36. The summed E-state index contributed by atoms with van der Waals surface area (Å²) in [5.41, 5.74) is 0. The van der Waals surface area contributed by atoms with Crippen LogP contribution >= 0.6 is 0 Å². The van der Waals surface area contributed by atoms with Gasteiger partial charge in [-0.05, 0) is 18.8 Å². The summed E-state index contributed by atoms with van der Waals surface area (Å²) in [6.45, 7) is 6.05. The van der Waals surface area contributed by atoms with Crippen molar-refractivity contribution in [2.75, 3.05) is 60.0 Å². The molecule has 2 aliphatic rings. The SMILES string of the molecule is CN(C)S(=O)(=O)N1CCC(CN2CCOCC2)CC1. The molecule has 0 spiro atoms. The van der Waals surface area contributed by atoms with E-state index in [1.54, 1.807) is 18.4 Å². The molecule has 2 heterocycles. The summed E-state index contributed by atoms with van der Waals surface area (Å²) in [6, 6.07) is 0. The molecule has 2 fully saturated rings. The van der Waals surface area contributed by atoms with E-state index in [-0.39, 0.29) is 0 Å². The van der Waals surface area contributed by atoms with E-state index < -0.39 is 10.2 Å². The Bertz CT molecular complexity index is 372. The molecule has 0 N–H and O–H groups in total. The van der Waals surface area contributed by atoms with Crippen molar-refractivity contribution in [1.29, 1.82) is 0 Å². The Morgan fingerprint density at radius 2 is 1.68 bits per heavy atom. The van der Waals surface area contributed by atoms with Crippen molar-refractivity contribution in [3.63, 3.8) is 0 Å². The van der Waals surface area contributed by atoms with Gasteiger partial charge in [0.1, 0.15) is 0 Å². The molecule has 0 saturated carbocycles. The van der Waals surface area contributed by atoms with E-state index in [0.717, 1.165) is 45.7 Å². The molecule has 2 aliphatic heterocycles. The van der Waals surface area contributed by atoms with Gasteiger partial charge in [0.15, 0.2) is 0 Å². The predicted molar refractivity (Wildman–Crippen MR) is 74.2 cm³/mol. The molecule has 0 bridgehead atoms. The Hall–Kier alpha value is -0.210. The minimum atomic E-state index is -3.22. The molecular weight excluding hydrogens is 266 g/mol. The van der Waals surface area contributed by atoms with Crippen LogP contribution in [0.4, 0.5) is 0 Å². The molecule has 19 heavy (non-hydrogen) atoms. The molecule has 2 saturated heterocycles. The molecule has 0 aromatic rings. The van der Waals surface area contributed by atoms with Crippen LogP contribution in [0.15, 0.2) is 0 Å². The average Bonchev–Trinajstić information content (AvgIpc) is 2.40. The van der Waals surface area contributed by atoms with Crippen LogP contribution in [0.2, 0.25) is 0 Å². The average molecular weight is 291 g/mol. The molecule has 0 aromatic carbocycles. The minimum Gasteiger partial charge on any atom is -0.379 e. The van der Waals surface area contributed by atoms with Gasteiger partial charge in [-0.3, -0.25) is 4.90 Å². The van der Waals surface area contributed by atoms with Gasteiger partial charge >= 0.3 is 0 Å². The zero-order valence-electron chi connectivity index (χ0n) is 11.9. The van der Waals surface area contributed by atoms with E-state index >= 15 is 0 Å². The van der Waals surface area contributed by atoms with Crippen molar-refractivity contribution >= 4 is 10.2 Å². The Morgan fingerprint density at radius 1 is 1.11 bits per heavy atom. The summed E-state index contributed by atoms with van der Waals surface area (Å²) < 4.78 is 32.3. The first kappa shape index (κ1) is 15.2. The second kappa shape index (κ2) is 6.49. The van der Waals surface area contributed by atoms with Gasteiger partial charge in [0.25, 0.3) is 10.2 Å². The second-order valence-electron chi connectivity index (χ2n) is 5.55. The standard InChI is InChI=1S/C12H25N3O3S/c1-13(2)19(16,17)15-5-3-12(4-6-15)11-14-7-9-18-10-8-14/h12H,3-11H2,1-2H3. The van der Waals surface area contributed by atoms with Gasteiger partial charge in [0.05, 0.1) is 13.2 Å². The van der Waals surface area contributed by atoms with E-state index in [1.165, 1.54) is 4.31 Å². The maximum atomic E-state index is 12.0. The lowest BCUT2D eigenvalue weighted by atomic mass is 9.97. The highest BCUT2D eigenvalue weighted by molar-refractivity contribution is 7.86. The first-order chi connectivity index (χ1) is 9.00. The Labute approximate surface area is 116 Å².